The molecule has 2 N–H and O–H groups in total. The van der Waals surface area contributed by atoms with E-state index in [0.29, 0.717) is 16.8 Å². The predicted octanol–water partition coefficient (Wildman–Crippen LogP) is 5.04. The van der Waals surface area contributed by atoms with Crippen LogP contribution in [0.25, 0.3) is 0 Å². The average molecular weight is 525 g/mol. The van der Waals surface area contributed by atoms with Gasteiger partial charge in [0.2, 0.25) is 5.91 Å². The van der Waals surface area contributed by atoms with Gasteiger partial charge in [0, 0.05) is 31.2 Å². The highest BCUT2D eigenvalue weighted by Gasteiger charge is 2.32. The first kappa shape index (κ1) is 27.6. The van der Waals surface area contributed by atoms with Gasteiger partial charge in [0.25, 0.3) is 6.43 Å². The fourth-order valence-corrected chi connectivity index (χ4v) is 3.93. The number of alkyl halides is 5. The topological polar surface area (TPSA) is 91.2 Å². The summed E-state index contributed by atoms with van der Waals surface area (Å²) in [5, 5.41) is 16.9. The molecular formula is C25H24F5N3O4. The van der Waals surface area contributed by atoms with Crippen LogP contribution in [0.3, 0.4) is 0 Å². The van der Waals surface area contributed by atoms with Gasteiger partial charge in [-0.2, -0.15) is 18.3 Å². The van der Waals surface area contributed by atoms with Crippen LogP contribution in [0, 0.1) is 0 Å². The van der Waals surface area contributed by atoms with E-state index in [1.54, 1.807) is 6.92 Å². The molecular weight excluding hydrogens is 501 g/mol. The molecule has 0 spiro atoms. The number of hydrogen-bond acceptors (Lipinski definition) is 5. The SMILES string of the molecule is COc1cc(C(C)NC(=O)C2=C(C(F)F)N(C)N=C(Cc3ccc(C(F)(F)F)cc3)C2)ccc1C(=O)O. The molecule has 1 aliphatic rings. The molecule has 1 aliphatic heterocycles. The molecule has 1 amide bonds. The molecule has 0 radical (unpaired) electrons. The quantitative estimate of drug-likeness (QED) is 0.471. The molecule has 2 aromatic rings. The van der Waals surface area contributed by atoms with Crippen LogP contribution in [-0.2, 0) is 17.4 Å². The van der Waals surface area contributed by atoms with Gasteiger partial charge in [-0.3, -0.25) is 9.80 Å². The Bertz CT molecular complexity index is 1240. The van der Waals surface area contributed by atoms with Gasteiger partial charge in [-0.05, 0) is 42.3 Å². The number of carboxylic acid groups (broad SMARTS) is 1. The molecule has 0 saturated heterocycles. The summed E-state index contributed by atoms with van der Waals surface area (Å²) in [4.78, 5) is 24.4. The van der Waals surface area contributed by atoms with E-state index in [0.717, 1.165) is 17.1 Å². The Morgan fingerprint density at radius 3 is 2.35 bits per heavy atom. The zero-order chi connectivity index (χ0) is 27.5. The van der Waals surface area contributed by atoms with Crippen molar-refractivity contribution in [2.75, 3.05) is 14.2 Å². The number of ether oxygens (including phenoxy) is 1. The maximum Gasteiger partial charge on any atom is 0.416 e. The second-order valence-electron chi connectivity index (χ2n) is 8.36. The van der Waals surface area contributed by atoms with Crippen molar-refractivity contribution in [2.45, 2.75) is 38.4 Å². The molecule has 0 bridgehead atoms. The number of hydrazone groups is 1. The number of hydrogen-bond donors (Lipinski definition) is 2. The first-order valence-corrected chi connectivity index (χ1v) is 11.0. The Morgan fingerprint density at radius 2 is 1.81 bits per heavy atom. The van der Waals surface area contributed by atoms with Gasteiger partial charge < -0.3 is 15.2 Å². The molecule has 0 saturated carbocycles. The van der Waals surface area contributed by atoms with E-state index in [9.17, 15) is 36.6 Å². The number of carboxylic acids is 1. The van der Waals surface area contributed by atoms with E-state index >= 15 is 0 Å². The van der Waals surface area contributed by atoms with Gasteiger partial charge in [-0.25, -0.2) is 13.6 Å². The van der Waals surface area contributed by atoms with E-state index in [-0.39, 0.29) is 29.7 Å². The molecule has 2 aromatic carbocycles. The third kappa shape index (κ3) is 6.43. The van der Waals surface area contributed by atoms with Crippen LogP contribution >= 0.6 is 0 Å². The monoisotopic (exact) mass is 525 g/mol. The van der Waals surface area contributed by atoms with Gasteiger partial charge in [-0.15, -0.1) is 0 Å². The summed E-state index contributed by atoms with van der Waals surface area (Å²) in [6, 6.07) is 7.90. The van der Waals surface area contributed by atoms with Crippen LogP contribution in [0.5, 0.6) is 5.75 Å². The number of carbonyl (C=O) groups is 2. The largest absolute Gasteiger partial charge is 0.496 e. The van der Waals surface area contributed by atoms with E-state index in [1.807, 2.05) is 0 Å². The predicted molar refractivity (Wildman–Crippen MR) is 125 cm³/mol. The van der Waals surface area contributed by atoms with Crippen molar-refractivity contribution in [3.8, 4) is 5.75 Å². The lowest BCUT2D eigenvalue weighted by atomic mass is 9.97. The number of amides is 1. The van der Waals surface area contributed by atoms with E-state index < -0.39 is 41.8 Å². The number of halogens is 5. The minimum atomic E-state index is -4.49. The van der Waals surface area contributed by atoms with Crippen molar-refractivity contribution in [3.05, 3.63) is 76.0 Å². The van der Waals surface area contributed by atoms with Gasteiger partial charge in [0.05, 0.1) is 18.7 Å². The van der Waals surface area contributed by atoms with Crippen molar-refractivity contribution in [2.24, 2.45) is 5.10 Å². The first-order valence-electron chi connectivity index (χ1n) is 11.0. The first-order chi connectivity index (χ1) is 17.3. The molecule has 1 heterocycles. The summed E-state index contributed by atoms with van der Waals surface area (Å²) in [5.74, 6) is -1.91. The van der Waals surface area contributed by atoms with E-state index in [4.69, 9.17) is 4.74 Å². The minimum absolute atomic E-state index is 0.0547. The van der Waals surface area contributed by atoms with Gasteiger partial charge in [-0.1, -0.05) is 18.2 Å². The molecule has 0 fully saturated rings. The number of nitrogens with zero attached hydrogens (tertiary/aromatic N) is 2. The molecule has 3 rings (SSSR count). The third-order valence-electron chi connectivity index (χ3n) is 5.80. The zero-order valence-electron chi connectivity index (χ0n) is 20.1. The van der Waals surface area contributed by atoms with Crippen LogP contribution < -0.4 is 10.1 Å². The van der Waals surface area contributed by atoms with Crippen LogP contribution in [0.1, 0.15) is 46.4 Å². The molecule has 0 aliphatic carbocycles. The van der Waals surface area contributed by atoms with Crippen molar-refractivity contribution in [1.82, 2.24) is 10.3 Å². The number of benzene rings is 2. The standard InChI is InChI=1S/C25H24F5N3O4/c1-13(15-6-9-18(24(35)36)20(11-15)37-3)31-23(34)19-12-17(32-33(2)21(19)22(26)27)10-14-4-7-16(8-5-14)25(28,29)30/h4-9,11,13,22H,10,12H2,1-3H3,(H,31,34)(H,35,36). The Kier molecular flexibility index (Phi) is 8.19. The molecule has 1 atom stereocenters. The lowest BCUT2D eigenvalue weighted by Gasteiger charge is -2.28. The zero-order valence-corrected chi connectivity index (χ0v) is 20.1. The molecule has 7 nitrogen and oxygen atoms in total. The molecule has 198 valence electrons. The Hall–Kier alpha value is -3.96. The molecule has 0 aromatic heterocycles. The second kappa shape index (κ2) is 11.0. The summed E-state index contributed by atoms with van der Waals surface area (Å²) in [7, 11) is 2.56. The van der Waals surface area contributed by atoms with Crippen LogP contribution in [-0.4, -0.2) is 48.3 Å². The normalized spacial score (nSPS) is 14.9. The van der Waals surface area contributed by atoms with E-state index in [2.05, 4.69) is 10.4 Å². The lowest BCUT2D eigenvalue weighted by Crippen LogP contribution is -2.36. The van der Waals surface area contributed by atoms with Crippen molar-refractivity contribution in [1.29, 1.82) is 0 Å². The third-order valence-corrected chi connectivity index (χ3v) is 5.80. The highest BCUT2D eigenvalue weighted by Crippen LogP contribution is 2.31. The van der Waals surface area contributed by atoms with Crippen molar-refractivity contribution < 1.29 is 41.4 Å². The molecule has 12 heteroatoms. The fraction of sp³-hybridized carbons (Fsp3) is 0.320. The summed E-state index contributed by atoms with van der Waals surface area (Å²) >= 11 is 0. The lowest BCUT2D eigenvalue weighted by molar-refractivity contribution is -0.137. The Labute approximate surface area is 209 Å². The van der Waals surface area contributed by atoms with Crippen LogP contribution in [0.2, 0.25) is 0 Å². The van der Waals surface area contributed by atoms with Crippen LogP contribution in [0.4, 0.5) is 22.0 Å². The maximum absolute atomic E-state index is 13.8. The summed E-state index contributed by atoms with van der Waals surface area (Å²) < 4.78 is 71.3. The van der Waals surface area contributed by atoms with Gasteiger partial charge in [0.15, 0.2) is 0 Å². The van der Waals surface area contributed by atoms with Gasteiger partial charge >= 0.3 is 12.1 Å². The number of nitrogens with one attached hydrogen (secondary N) is 1. The fourth-order valence-electron chi connectivity index (χ4n) is 3.93. The minimum Gasteiger partial charge on any atom is -0.496 e. The van der Waals surface area contributed by atoms with E-state index in [1.165, 1.54) is 44.5 Å². The van der Waals surface area contributed by atoms with Crippen molar-refractivity contribution in [3.63, 3.8) is 0 Å². The number of carbonyl (C=O) groups excluding carboxylic acids is 1. The highest BCUT2D eigenvalue weighted by molar-refractivity contribution is 6.02. The number of aromatic carboxylic acids is 1. The van der Waals surface area contributed by atoms with Crippen LogP contribution in [0.15, 0.2) is 58.8 Å². The summed E-state index contributed by atoms with van der Waals surface area (Å²) in [5.41, 5.74) is -0.435. The molecule has 1 unspecified atom stereocenters. The summed E-state index contributed by atoms with van der Waals surface area (Å²) in [6.45, 7) is 1.60. The number of rotatable bonds is 8. The number of allylic oxidation sites excluding steroid dienone is 1. The second-order valence-corrected chi connectivity index (χ2v) is 8.36. The van der Waals surface area contributed by atoms with Crippen molar-refractivity contribution >= 4 is 17.6 Å². The Morgan fingerprint density at radius 1 is 1.16 bits per heavy atom. The van der Waals surface area contributed by atoms with Gasteiger partial charge in [0.1, 0.15) is 17.0 Å². The molecule has 37 heavy (non-hydrogen) atoms. The number of methoxy groups -OCH3 is 1. The average Bonchev–Trinajstić information content (AvgIpc) is 2.82. The highest BCUT2D eigenvalue weighted by atomic mass is 19.4. The maximum atomic E-state index is 13.8. The smallest absolute Gasteiger partial charge is 0.416 e. The Balaban J connectivity index is 1.81. The summed E-state index contributed by atoms with van der Waals surface area (Å²) in [6.07, 6.45) is -7.67.